The second kappa shape index (κ2) is 6.07. The molecule has 1 amide bonds. The molecule has 0 radical (unpaired) electrons. The summed E-state index contributed by atoms with van der Waals surface area (Å²) in [7, 11) is -3.89. The van der Waals surface area contributed by atoms with Gasteiger partial charge in [0.15, 0.2) is 5.03 Å². The highest BCUT2D eigenvalue weighted by Crippen LogP contribution is 2.23. The molecule has 1 atom stereocenters. The van der Waals surface area contributed by atoms with Gasteiger partial charge < -0.3 is 9.64 Å². The molecule has 1 unspecified atom stereocenters. The molecule has 110 valence electrons. The van der Waals surface area contributed by atoms with Crippen molar-refractivity contribution in [1.29, 1.82) is 0 Å². The highest BCUT2D eigenvalue weighted by molar-refractivity contribution is 7.92. The lowest BCUT2D eigenvalue weighted by atomic mass is 10.3. The first-order valence-electron chi connectivity index (χ1n) is 6.15. The van der Waals surface area contributed by atoms with Gasteiger partial charge in [0.05, 0.1) is 18.2 Å². The molecule has 0 saturated carbocycles. The van der Waals surface area contributed by atoms with E-state index >= 15 is 0 Å². The lowest BCUT2D eigenvalue weighted by molar-refractivity contribution is -0.134. The van der Waals surface area contributed by atoms with Crippen molar-refractivity contribution in [3.63, 3.8) is 0 Å². The molecule has 8 heteroatoms. The standard InChI is InChI=1S/C12H15ClN2O4S/c1-9(12(16)15-5-7-19-8-6-15)20(17,18)11-10(13)3-2-4-14-11/h2-4,9H,5-8H2,1H3. The van der Waals surface area contributed by atoms with E-state index in [0.717, 1.165) is 0 Å². The van der Waals surface area contributed by atoms with Crippen molar-refractivity contribution < 1.29 is 17.9 Å². The van der Waals surface area contributed by atoms with Gasteiger partial charge in [-0.25, -0.2) is 13.4 Å². The second-order valence-electron chi connectivity index (χ2n) is 4.42. The first-order chi connectivity index (χ1) is 9.44. The van der Waals surface area contributed by atoms with Crippen LogP contribution >= 0.6 is 11.6 Å². The van der Waals surface area contributed by atoms with Crippen LogP contribution in [0.2, 0.25) is 5.02 Å². The molecule has 0 spiro atoms. The molecule has 0 bridgehead atoms. The van der Waals surface area contributed by atoms with Gasteiger partial charge in [0, 0.05) is 19.3 Å². The highest BCUT2D eigenvalue weighted by atomic mass is 35.5. The summed E-state index contributed by atoms with van der Waals surface area (Å²) in [5.74, 6) is -0.449. The smallest absolute Gasteiger partial charge is 0.241 e. The maximum atomic E-state index is 12.4. The van der Waals surface area contributed by atoms with Crippen molar-refractivity contribution in [3.05, 3.63) is 23.4 Å². The normalized spacial score (nSPS) is 17.8. The Morgan fingerprint density at radius 3 is 2.70 bits per heavy atom. The van der Waals surface area contributed by atoms with E-state index in [-0.39, 0.29) is 10.0 Å². The van der Waals surface area contributed by atoms with E-state index in [1.54, 1.807) is 0 Å². The molecule has 0 aliphatic carbocycles. The average molecular weight is 319 g/mol. The van der Waals surface area contributed by atoms with E-state index in [2.05, 4.69) is 4.98 Å². The van der Waals surface area contributed by atoms with Gasteiger partial charge in [-0.15, -0.1) is 0 Å². The molecular weight excluding hydrogens is 304 g/mol. The van der Waals surface area contributed by atoms with Gasteiger partial charge in [-0.1, -0.05) is 11.6 Å². The number of sulfone groups is 1. The molecule has 1 aliphatic rings. The van der Waals surface area contributed by atoms with Crippen LogP contribution in [0.1, 0.15) is 6.92 Å². The van der Waals surface area contributed by atoms with E-state index in [1.165, 1.54) is 30.2 Å². The maximum Gasteiger partial charge on any atom is 0.241 e. The molecule has 1 fully saturated rings. The van der Waals surface area contributed by atoms with E-state index in [4.69, 9.17) is 16.3 Å². The van der Waals surface area contributed by atoms with Crippen LogP contribution < -0.4 is 0 Å². The number of amides is 1. The van der Waals surface area contributed by atoms with Crippen molar-refractivity contribution in [2.45, 2.75) is 17.2 Å². The Hall–Kier alpha value is -1.18. The van der Waals surface area contributed by atoms with E-state index < -0.39 is 21.0 Å². The minimum absolute atomic E-state index is 0.0223. The molecule has 6 nitrogen and oxygen atoms in total. The maximum absolute atomic E-state index is 12.4. The fourth-order valence-electron chi connectivity index (χ4n) is 1.92. The Kier molecular flexibility index (Phi) is 4.62. The van der Waals surface area contributed by atoms with Gasteiger partial charge in [-0.2, -0.15) is 0 Å². The number of rotatable bonds is 3. The van der Waals surface area contributed by atoms with Crippen LogP contribution in [-0.2, 0) is 19.4 Å². The van der Waals surface area contributed by atoms with Crippen LogP contribution in [0.4, 0.5) is 0 Å². The molecule has 1 aliphatic heterocycles. The summed E-state index contributed by atoms with van der Waals surface area (Å²) in [6, 6.07) is 2.98. The Labute approximate surface area is 122 Å². The Morgan fingerprint density at radius 1 is 1.45 bits per heavy atom. The Morgan fingerprint density at radius 2 is 2.10 bits per heavy atom. The molecule has 2 heterocycles. The van der Waals surface area contributed by atoms with Crippen molar-refractivity contribution in [3.8, 4) is 0 Å². The van der Waals surface area contributed by atoms with E-state index in [0.29, 0.717) is 26.3 Å². The van der Waals surface area contributed by atoms with Crippen LogP contribution in [0.3, 0.4) is 0 Å². The molecule has 0 N–H and O–H groups in total. The lowest BCUT2D eigenvalue weighted by Gasteiger charge is -2.29. The van der Waals surface area contributed by atoms with Crippen LogP contribution in [0.5, 0.6) is 0 Å². The number of morpholine rings is 1. The Bertz CT molecular complexity index is 599. The summed E-state index contributed by atoms with van der Waals surface area (Å²) in [6.07, 6.45) is 1.34. The number of ether oxygens (including phenoxy) is 1. The third-order valence-corrected chi connectivity index (χ3v) is 5.54. The van der Waals surface area contributed by atoms with Gasteiger partial charge >= 0.3 is 0 Å². The van der Waals surface area contributed by atoms with Crippen LogP contribution in [0.25, 0.3) is 0 Å². The topological polar surface area (TPSA) is 76.6 Å². The fourth-order valence-corrected chi connectivity index (χ4v) is 3.66. The largest absolute Gasteiger partial charge is 0.378 e. The van der Waals surface area contributed by atoms with E-state index in [1.807, 2.05) is 0 Å². The summed E-state index contributed by atoms with van der Waals surface area (Å²) in [5.41, 5.74) is 0. The van der Waals surface area contributed by atoms with Gasteiger partial charge in [0.2, 0.25) is 15.7 Å². The minimum atomic E-state index is -3.89. The number of carbonyl (C=O) groups is 1. The van der Waals surface area contributed by atoms with Crippen LogP contribution in [0, 0.1) is 0 Å². The number of hydrogen-bond donors (Lipinski definition) is 0. The van der Waals surface area contributed by atoms with Crippen molar-refractivity contribution in [2.75, 3.05) is 26.3 Å². The van der Waals surface area contributed by atoms with Crippen molar-refractivity contribution in [1.82, 2.24) is 9.88 Å². The molecule has 1 aromatic rings. The second-order valence-corrected chi connectivity index (χ2v) is 7.01. The third kappa shape index (κ3) is 2.94. The van der Waals surface area contributed by atoms with Crippen LogP contribution in [0.15, 0.2) is 23.4 Å². The zero-order valence-electron chi connectivity index (χ0n) is 11.0. The highest BCUT2D eigenvalue weighted by Gasteiger charge is 2.35. The summed E-state index contributed by atoms with van der Waals surface area (Å²) in [6.45, 7) is 2.99. The lowest BCUT2D eigenvalue weighted by Crippen LogP contribution is -2.47. The summed E-state index contributed by atoms with van der Waals surface area (Å²) < 4.78 is 30.0. The monoisotopic (exact) mass is 318 g/mol. The fraction of sp³-hybridized carbons (Fsp3) is 0.500. The molecule has 2 rings (SSSR count). The zero-order valence-corrected chi connectivity index (χ0v) is 12.5. The summed E-state index contributed by atoms with van der Waals surface area (Å²) >= 11 is 5.86. The van der Waals surface area contributed by atoms with Gasteiger partial charge in [0.25, 0.3) is 0 Å². The van der Waals surface area contributed by atoms with Crippen molar-refractivity contribution >= 4 is 27.3 Å². The molecule has 1 aromatic heterocycles. The number of hydrogen-bond acceptors (Lipinski definition) is 5. The minimum Gasteiger partial charge on any atom is -0.378 e. The Balaban J connectivity index is 2.25. The third-order valence-electron chi connectivity index (χ3n) is 3.13. The molecule has 0 aromatic carbocycles. The van der Waals surface area contributed by atoms with Gasteiger partial charge in [-0.3, -0.25) is 4.79 Å². The SMILES string of the molecule is CC(C(=O)N1CCOCC1)S(=O)(=O)c1ncccc1Cl. The quantitative estimate of drug-likeness (QED) is 0.822. The summed E-state index contributed by atoms with van der Waals surface area (Å²) in [4.78, 5) is 17.5. The summed E-state index contributed by atoms with van der Waals surface area (Å²) in [5, 5.41) is -1.45. The van der Waals surface area contributed by atoms with Crippen LogP contribution in [-0.4, -0.2) is 55.8 Å². The predicted octanol–water partition coefficient (Wildman–Crippen LogP) is 0.756. The predicted molar refractivity (Wildman–Crippen MR) is 73.3 cm³/mol. The first kappa shape index (κ1) is 15.2. The van der Waals surface area contributed by atoms with Gasteiger partial charge in [-0.05, 0) is 19.1 Å². The number of pyridine rings is 1. The number of carbonyl (C=O) groups excluding carboxylic acids is 1. The number of aromatic nitrogens is 1. The number of halogens is 1. The molecular formula is C12H15ClN2O4S. The first-order valence-corrected chi connectivity index (χ1v) is 8.08. The number of nitrogens with zero attached hydrogens (tertiary/aromatic N) is 2. The van der Waals surface area contributed by atoms with Gasteiger partial charge in [0.1, 0.15) is 5.25 Å². The molecule has 1 saturated heterocycles. The van der Waals surface area contributed by atoms with Crippen molar-refractivity contribution in [2.24, 2.45) is 0 Å². The average Bonchev–Trinajstić information content (AvgIpc) is 2.47. The van der Waals surface area contributed by atoms with E-state index in [9.17, 15) is 13.2 Å². The zero-order chi connectivity index (χ0) is 14.8. The molecule has 20 heavy (non-hydrogen) atoms.